The summed E-state index contributed by atoms with van der Waals surface area (Å²) >= 11 is 1.52. The number of aliphatic imine (C=N–C) groups is 1. The van der Waals surface area contributed by atoms with Gasteiger partial charge in [-0.2, -0.15) is 4.99 Å². The zero-order valence-electron chi connectivity index (χ0n) is 18.7. The average Bonchev–Trinajstić information content (AvgIpc) is 3.16. The minimum absolute atomic E-state index is 0. The van der Waals surface area contributed by atoms with Gasteiger partial charge in [-0.1, -0.05) is 74.4 Å². The third-order valence-corrected chi connectivity index (χ3v) is 6.89. The third-order valence-electron chi connectivity index (χ3n) is 5.85. The number of thioether (sulfide) groups is 1. The van der Waals surface area contributed by atoms with Gasteiger partial charge in [0.25, 0.3) is 5.91 Å². The Labute approximate surface area is 202 Å². The number of amidine groups is 1. The van der Waals surface area contributed by atoms with Gasteiger partial charge in [0.1, 0.15) is 0 Å². The fraction of sp³-hybridized carbons (Fsp3) is 0.385. The van der Waals surface area contributed by atoms with E-state index in [4.69, 9.17) is 0 Å². The van der Waals surface area contributed by atoms with Crippen LogP contribution in [0.1, 0.15) is 42.9 Å². The lowest BCUT2D eigenvalue weighted by Crippen LogP contribution is -2.47. The molecule has 0 radical (unpaired) electrons. The SMILES string of the molecule is CCCCCc1ccc(C=C2SC(N3CCN(Cc4ccccc4)CC3)=NC2=O)cc1.Cl. The van der Waals surface area contributed by atoms with Gasteiger partial charge in [-0.25, -0.2) is 0 Å². The number of amides is 1. The van der Waals surface area contributed by atoms with Crippen LogP contribution in [0, 0.1) is 0 Å². The monoisotopic (exact) mass is 469 g/mol. The van der Waals surface area contributed by atoms with E-state index in [-0.39, 0.29) is 18.3 Å². The van der Waals surface area contributed by atoms with Crippen LogP contribution >= 0.6 is 24.2 Å². The molecule has 0 saturated carbocycles. The Hall–Kier alpha value is -2.08. The highest BCUT2D eigenvalue weighted by molar-refractivity contribution is 8.18. The van der Waals surface area contributed by atoms with Crippen LogP contribution < -0.4 is 0 Å². The Bertz CT molecular complexity index is 935. The number of carbonyl (C=O) groups excluding carboxylic acids is 1. The molecule has 0 atom stereocenters. The number of piperazine rings is 1. The Kier molecular flexibility index (Phi) is 9.39. The van der Waals surface area contributed by atoms with Crippen molar-refractivity contribution < 1.29 is 4.79 Å². The first-order valence-corrected chi connectivity index (χ1v) is 12.2. The van der Waals surface area contributed by atoms with Crippen molar-refractivity contribution in [3.05, 3.63) is 76.2 Å². The van der Waals surface area contributed by atoms with Crippen LogP contribution in [0.5, 0.6) is 0 Å². The highest BCUT2D eigenvalue weighted by Gasteiger charge is 2.28. The molecule has 32 heavy (non-hydrogen) atoms. The summed E-state index contributed by atoms with van der Waals surface area (Å²) < 4.78 is 0. The molecule has 2 heterocycles. The molecule has 0 aromatic heterocycles. The maximum Gasteiger partial charge on any atom is 0.286 e. The van der Waals surface area contributed by atoms with Crippen LogP contribution in [0.4, 0.5) is 0 Å². The molecule has 1 amide bonds. The van der Waals surface area contributed by atoms with E-state index in [0.29, 0.717) is 0 Å². The second-order valence-electron chi connectivity index (χ2n) is 8.26. The summed E-state index contributed by atoms with van der Waals surface area (Å²) in [5, 5.41) is 0.854. The van der Waals surface area contributed by atoms with E-state index in [2.05, 4.69) is 76.3 Å². The molecule has 170 valence electrons. The molecule has 6 heteroatoms. The van der Waals surface area contributed by atoms with Gasteiger partial charge in [0, 0.05) is 32.7 Å². The van der Waals surface area contributed by atoms with Gasteiger partial charge in [-0.15, -0.1) is 12.4 Å². The lowest BCUT2D eigenvalue weighted by atomic mass is 10.1. The number of carbonyl (C=O) groups is 1. The van der Waals surface area contributed by atoms with Crippen molar-refractivity contribution in [2.75, 3.05) is 26.2 Å². The first-order chi connectivity index (χ1) is 15.2. The summed E-state index contributed by atoms with van der Waals surface area (Å²) in [4.78, 5) is 22.3. The highest BCUT2D eigenvalue weighted by atomic mass is 35.5. The highest BCUT2D eigenvalue weighted by Crippen LogP contribution is 2.31. The van der Waals surface area contributed by atoms with E-state index < -0.39 is 0 Å². The van der Waals surface area contributed by atoms with E-state index in [1.165, 1.54) is 42.2 Å². The average molecular weight is 470 g/mol. The predicted molar refractivity (Wildman–Crippen MR) is 138 cm³/mol. The molecule has 0 bridgehead atoms. The number of aryl methyl sites for hydroxylation is 1. The summed E-state index contributed by atoms with van der Waals surface area (Å²) in [5.41, 5.74) is 3.78. The van der Waals surface area contributed by atoms with Crippen LogP contribution in [-0.4, -0.2) is 47.1 Å². The van der Waals surface area contributed by atoms with Gasteiger partial charge in [-0.3, -0.25) is 9.69 Å². The van der Waals surface area contributed by atoms with Crippen molar-refractivity contribution in [1.82, 2.24) is 9.80 Å². The molecule has 1 saturated heterocycles. The second kappa shape index (κ2) is 12.2. The van der Waals surface area contributed by atoms with Crippen molar-refractivity contribution in [3.63, 3.8) is 0 Å². The van der Waals surface area contributed by atoms with Gasteiger partial charge in [-0.05, 0) is 47.4 Å². The summed E-state index contributed by atoms with van der Waals surface area (Å²) in [6.45, 7) is 7.00. The van der Waals surface area contributed by atoms with E-state index in [9.17, 15) is 4.79 Å². The minimum Gasteiger partial charge on any atom is -0.348 e. The zero-order chi connectivity index (χ0) is 21.5. The fourth-order valence-electron chi connectivity index (χ4n) is 3.98. The van der Waals surface area contributed by atoms with Crippen LogP contribution in [0.25, 0.3) is 6.08 Å². The topological polar surface area (TPSA) is 35.9 Å². The number of hydrogen-bond acceptors (Lipinski definition) is 4. The predicted octanol–water partition coefficient (Wildman–Crippen LogP) is 5.63. The van der Waals surface area contributed by atoms with Gasteiger partial charge >= 0.3 is 0 Å². The van der Waals surface area contributed by atoms with Crippen molar-refractivity contribution in [2.45, 2.75) is 39.2 Å². The number of unbranched alkanes of at least 4 members (excludes halogenated alkanes) is 2. The lowest BCUT2D eigenvalue weighted by molar-refractivity contribution is -0.113. The largest absolute Gasteiger partial charge is 0.348 e. The van der Waals surface area contributed by atoms with Crippen molar-refractivity contribution in [1.29, 1.82) is 0 Å². The lowest BCUT2D eigenvalue weighted by Gasteiger charge is -2.35. The second-order valence-corrected chi connectivity index (χ2v) is 9.27. The number of rotatable bonds is 7. The Morgan fingerprint density at radius 2 is 1.66 bits per heavy atom. The molecule has 2 aliphatic rings. The molecule has 2 aromatic carbocycles. The van der Waals surface area contributed by atoms with Crippen molar-refractivity contribution >= 4 is 41.3 Å². The molecule has 2 aliphatic heterocycles. The first-order valence-electron chi connectivity index (χ1n) is 11.3. The van der Waals surface area contributed by atoms with Crippen LogP contribution in [0.15, 0.2) is 64.5 Å². The van der Waals surface area contributed by atoms with E-state index in [1.807, 2.05) is 6.08 Å². The fourth-order valence-corrected chi connectivity index (χ4v) is 4.95. The van der Waals surface area contributed by atoms with Crippen LogP contribution in [0.3, 0.4) is 0 Å². The molecule has 0 N–H and O–H groups in total. The van der Waals surface area contributed by atoms with E-state index >= 15 is 0 Å². The first kappa shape index (κ1) is 24.6. The number of halogens is 1. The summed E-state index contributed by atoms with van der Waals surface area (Å²) in [6, 6.07) is 19.2. The zero-order valence-corrected chi connectivity index (χ0v) is 20.3. The molecule has 0 unspecified atom stereocenters. The molecule has 4 nitrogen and oxygen atoms in total. The number of benzene rings is 2. The maximum absolute atomic E-state index is 12.5. The molecular formula is C26H32ClN3OS. The molecule has 1 fully saturated rings. The molecule has 2 aromatic rings. The summed E-state index contributed by atoms with van der Waals surface area (Å²) in [5.74, 6) is -0.112. The summed E-state index contributed by atoms with van der Waals surface area (Å²) in [6.07, 6.45) is 6.86. The number of hydrogen-bond donors (Lipinski definition) is 0. The quantitative estimate of drug-likeness (QED) is 0.389. The standard InChI is InChI=1S/C26H31N3OS.ClH/c1-2-3-5-8-21-11-13-22(14-12-21)19-24-25(30)27-26(31-24)29-17-15-28(16-18-29)20-23-9-6-4-7-10-23;/h4,6-7,9-14,19H,2-3,5,8,15-18,20H2,1H3;1H. The third kappa shape index (κ3) is 6.71. The smallest absolute Gasteiger partial charge is 0.286 e. The number of nitrogens with zero attached hydrogens (tertiary/aromatic N) is 3. The van der Waals surface area contributed by atoms with Gasteiger partial charge in [0.05, 0.1) is 4.91 Å². The Morgan fingerprint density at radius 3 is 2.34 bits per heavy atom. The van der Waals surface area contributed by atoms with E-state index in [0.717, 1.165) is 54.8 Å². The normalized spacial score (nSPS) is 18.0. The van der Waals surface area contributed by atoms with Gasteiger partial charge in [0.2, 0.25) is 0 Å². The van der Waals surface area contributed by atoms with Crippen LogP contribution in [-0.2, 0) is 17.8 Å². The van der Waals surface area contributed by atoms with Crippen molar-refractivity contribution in [2.24, 2.45) is 4.99 Å². The van der Waals surface area contributed by atoms with E-state index in [1.54, 1.807) is 0 Å². The maximum atomic E-state index is 12.5. The Morgan fingerprint density at radius 1 is 0.938 bits per heavy atom. The molecule has 4 rings (SSSR count). The molecular weight excluding hydrogens is 438 g/mol. The van der Waals surface area contributed by atoms with Gasteiger partial charge < -0.3 is 4.90 Å². The summed E-state index contributed by atoms with van der Waals surface area (Å²) in [7, 11) is 0. The molecule has 0 aliphatic carbocycles. The Balaban J connectivity index is 0.00000289. The van der Waals surface area contributed by atoms with Crippen LogP contribution in [0.2, 0.25) is 0 Å². The van der Waals surface area contributed by atoms with Gasteiger partial charge in [0.15, 0.2) is 5.17 Å². The molecule has 0 spiro atoms. The minimum atomic E-state index is -0.112. The van der Waals surface area contributed by atoms with Crippen molar-refractivity contribution in [3.8, 4) is 0 Å².